The standard InChI is InChI=1S/C42H44N8O2S.CN.Cu/c1-47(2)40(51)35-22-32-27-48(20-11-21-50(32)46-35)39-34-28-52-42(23-36(34)44-41(45-39)53-3)19-10-16-31-17-18-37(33(24-43)38(31)42)49(25-29-12-6-4-7-13-29)26-30-14-8-5-9-15-30;1-2;/h4-9,12-15,17-18,22H,10-11,16,19-21,23,25-28H2,1-3H3;;. The predicted molar refractivity (Wildman–Crippen MR) is 212 cm³/mol. The summed E-state index contributed by atoms with van der Waals surface area (Å²) in [5.74, 6) is 0.780. The zero-order valence-corrected chi connectivity index (χ0v) is 33.6. The summed E-state index contributed by atoms with van der Waals surface area (Å²) in [6.07, 6.45) is 6.15. The number of hydrogen-bond donors (Lipinski definition) is 0. The van der Waals surface area contributed by atoms with E-state index in [0.717, 1.165) is 77.9 Å². The molecule has 290 valence electrons. The Hall–Kier alpha value is -5.17. The first-order valence-electron chi connectivity index (χ1n) is 18.7. The number of hydrogen-bond acceptors (Lipinski definition) is 10. The average molecular weight is 814 g/mol. The maximum atomic E-state index is 12.8. The van der Waals surface area contributed by atoms with Crippen LogP contribution >= 0.6 is 11.8 Å². The van der Waals surface area contributed by atoms with E-state index in [1.54, 1.807) is 30.8 Å². The van der Waals surface area contributed by atoms with E-state index in [-0.39, 0.29) is 5.91 Å². The number of nitriles is 2. The van der Waals surface area contributed by atoms with Crippen molar-refractivity contribution in [2.45, 2.75) is 75.6 Å². The molecule has 8 rings (SSSR count). The van der Waals surface area contributed by atoms with Crippen molar-refractivity contribution >= 4 is 29.2 Å². The molecule has 13 heteroatoms. The second kappa shape index (κ2) is 17.3. The summed E-state index contributed by atoms with van der Waals surface area (Å²) in [5.41, 5.74) is 8.96. The normalized spacial score (nSPS) is 16.9. The third-order valence-electron chi connectivity index (χ3n) is 10.8. The first kappa shape index (κ1) is 39.1. The first-order chi connectivity index (χ1) is 27.3. The van der Waals surface area contributed by atoms with Crippen LogP contribution in [0.1, 0.15) is 74.5 Å². The molecular formula is C43H44CuN9O2S. The molecule has 3 aliphatic rings. The van der Waals surface area contributed by atoms with Crippen LogP contribution in [0.4, 0.5) is 11.5 Å². The maximum absolute atomic E-state index is 12.8. The molecule has 0 saturated carbocycles. The van der Waals surface area contributed by atoms with Crippen molar-refractivity contribution in [3.63, 3.8) is 0 Å². The third kappa shape index (κ3) is 8.05. The molecule has 1 amide bonds. The number of thioether (sulfide) groups is 1. The fraction of sp³-hybridized carbons (Fsp3) is 0.349. The van der Waals surface area contributed by atoms with Crippen molar-refractivity contribution in [1.82, 2.24) is 24.6 Å². The van der Waals surface area contributed by atoms with E-state index in [2.05, 4.69) is 97.6 Å². The van der Waals surface area contributed by atoms with Gasteiger partial charge in [-0.05, 0) is 60.8 Å². The van der Waals surface area contributed by atoms with Crippen LogP contribution in [0, 0.1) is 21.6 Å². The summed E-state index contributed by atoms with van der Waals surface area (Å²) < 4.78 is 9.05. The molecule has 11 nitrogen and oxygen atoms in total. The molecule has 0 N–H and O–H groups in total. The topological polar surface area (TPSA) is 127 Å². The number of aromatic nitrogens is 4. The number of rotatable bonds is 8. The van der Waals surface area contributed by atoms with Gasteiger partial charge in [-0.25, -0.2) is 9.97 Å². The molecule has 0 radical (unpaired) electrons. The van der Waals surface area contributed by atoms with Gasteiger partial charge in [-0.2, -0.15) is 10.4 Å². The summed E-state index contributed by atoms with van der Waals surface area (Å²) in [7, 11) is 3.50. The van der Waals surface area contributed by atoms with E-state index < -0.39 is 5.60 Å². The van der Waals surface area contributed by atoms with Crippen molar-refractivity contribution in [2.24, 2.45) is 0 Å². The van der Waals surface area contributed by atoms with Gasteiger partial charge in [0, 0.05) is 57.8 Å². The van der Waals surface area contributed by atoms with Gasteiger partial charge in [-0.1, -0.05) is 78.5 Å². The van der Waals surface area contributed by atoms with Gasteiger partial charge < -0.3 is 19.4 Å². The van der Waals surface area contributed by atoms with Crippen LogP contribution in [0.5, 0.6) is 0 Å². The number of carbonyl (C=O) groups is 1. The van der Waals surface area contributed by atoms with E-state index in [0.29, 0.717) is 43.9 Å². The average Bonchev–Trinajstić information content (AvgIpc) is 3.51. The van der Waals surface area contributed by atoms with E-state index in [1.165, 1.54) is 21.7 Å². The van der Waals surface area contributed by atoms with Gasteiger partial charge in [0.1, 0.15) is 17.5 Å². The molecule has 3 aromatic carbocycles. The van der Waals surface area contributed by atoms with Gasteiger partial charge in [0.15, 0.2) is 10.9 Å². The van der Waals surface area contributed by atoms with E-state index in [4.69, 9.17) is 20.0 Å². The number of benzene rings is 3. The zero-order valence-electron chi connectivity index (χ0n) is 31.8. The first-order valence-corrected chi connectivity index (χ1v) is 20.4. The summed E-state index contributed by atoms with van der Waals surface area (Å²) in [4.78, 5) is 30.5. The summed E-state index contributed by atoms with van der Waals surface area (Å²) in [6, 6.07) is 29.9. The monoisotopic (exact) mass is 813 g/mol. The Morgan fingerprint density at radius 1 is 0.982 bits per heavy atom. The second-order valence-corrected chi connectivity index (χ2v) is 15.5. The fourth-order valence-corrected chi connectivity index (χ4v) is 8.61. The van der Waals surface area contributed by atoms with E-state index in [9.17, 15) is 10.1 Å². The summed E-state index contributed by atoms with van der Waals surface area (Å²) >= 11 is 5.35. The van der Waals surface area contributed by atoms with Crippen LogP contribution < -0.4 is 9.80 Å². The van der Waals surface area contributed by atoms with Gasteiger partial charge in [-0.3, -0.25) is 9.48 Å². The van der Waals surface area contributed by atoms with Crippen LogP contribution in [0.2, 0.25) is 0 Å². The van der Waals surface area contributed by atoms with Crippen molar-refractivity contribution < 1.29 is 25.5 Å². The van der Waals surface area contributed by atoms with Crippen LogP contribution in [0.3, 0.4) is 0 Å². The van der Waals surface area contributed by atoms with Crippen LogP contribution in [0.15, 0.2) is 84.0 Å². The van der Waals surface area contributed by atoms with Crippen molar-refractivity contribution in [3.05, 3.63) is 129 Å². The van der Waals surface area contributed by atoms with Crippen LogP contribution in [0.25, 0.3) is 0 Å². The molecule has 5 aromatic rings. The number of aryl methyl sites for hydroxylation is 2. The van der Waals surface area contributed by atoms with Gasteiger partial charge in [-0.15, -0.1) is 0 Å². The summed E-state index contributed by atoms with van der Waals surface area (Å²) in [6.45, 7) is 3.81. The van der Waals surface area contributed by atoms with Gasteiger partial charge in [0.05, 0.1) is 35.8 Å². The van der Waals surface area contributed by atoms with Gasteiger partial charge in [0.25, 0.3) is 5.91 Å². The molecular weight excluding hydrogens is 770 g/mol. The molecule has 0 fully saturated rings. The van der Waals surface area contributed by atoms with Gasteiger partial charge >= 0.3 is 26.2 Å². The Labute approximate surface area is 341 Å². The van der Waals surface area contributed by atoms with Crippen molar-refractivity contribution in [3.8, 4) is 11.0 Å². The minimum absolute atomic E-state index is 0.101. The Bertz CT molecular complexity index is 2250. The van der Waals surface area contributed by atoms with Crippen molar-refractivity contribution in [2.75, 3.05) is 36.7 Å². The molecule has 0 bridgehead atoms. The molecule has 1 atom stereocenters. The van der Waals surface area contributed by atoms with Crippen molar-refractivity contribution in [1.29, 1.82) is 10.5 Å². The Morgan fingerprint density at radius 2 is 1.68 bits per heavy atom. The minimum atomic E-state index is -0.674. The van der Waals surface area contributed by atoms with E-state index >= 15 is 0 Å². The Morgan fingerprint density at radius 3 is 2.32 bits per heavy atom. The second-order valence-electron chi connectivity index (χ2n) is 14.5. The number of ether oxygens (including phenoxy) is 1. The Kier molecular flexibility index (Phi) is 12.1. The van der Waals surface area contributed by atoms with Crippen LogP contribution in [-0.4, -0.2) is 57.5 Å². The quantitative estimate of drug-likeness (QED) is 0.0928. The number of anilines is 2. The summed E-state index contributed by atoms with van der Waals surface area (Å²) in [5, 5.41) is 23.5. The Balaban J connectivity index is 0.00000155. The SMILES string of the molecule is CSc1nc2c(c(N3CCCn4nc(C(=O)N(C)C)cc4C3)n1)COC1(CCCc3ccc(N(Cc4ccccc4)Cc4ccccc4)c(C#N)c31)C2.N#[C][Cu]. The number of fused-ring (bicyclic) bond motifs is 4. The van der Waals surface area contributed by atoms with E-state index in [1.807, 2.05) is 29.1 Å². The molecule has 56 heavy (non-hydrogen) atoms. The molecule has 1 unspecified atom stereocenters. The third-order valence-corrected chi connectivity index (χ3v) is 11.3. The zero-order chi connectivity index (χ0) is 39.2. The fourth-order valence-electron chi connectivity index (χ4n) is 8.24. The number of nitrogens with zero attached hydrogens (tertiary/aromatic N) is 9. The number of amides is 1. The number of carbonyl (C=O) groups excluding carboxylic acids is 1. The molecule has 2 aromatic heterocycles. The molecule has 4 heterocycles. The van der Waals surface area contributed by atoms with Gasteiger partial charge in [0.2, 0.25) is 0 Å². The molecule has 1 spiro atoms. The van der Waals surface area contributed by atoms with Crippen LogP contribution in [-0.2, 0) is 72.0 Å². The molecule has 1 aliphatic carbocycles. The molecule has 0 saturated heterocycles. The molecule has 2 aliphatic heterocycles. The predicted octanol–water partition coefficient (Wildman–Crippen LogP) is 6.90.